The van der Waals surface area contributed by atoms with Gasteiger partial charge in [-0.15, -0.1) is 0 Å². The van der Waals surface area contributed by atoms with Crippen LogP contribution in [0.4, 0.5) is 0 Å². The number of hydrogen-bond donors (Lipinski definition) is 2. The lowest BCUT2D eigenvalue weighted by molar-refractivity contribution is -0.139. The van der Waals surface area contributed by atoms with E-state index in [9.17, 15) is 14.4 Å². The first kappa shape index (κ1) is 28.8. The summed E-state index contributed by atoms with van der Waals surface area (Å²) in [6, 6.07) is 23.0. The van der Waals surface area contributed by atoms with Gasteiger partial charge in [0, 0.05) is 6.17 Å². The second-order valence-corrected chi connectivity index (χ2v) is 17.1. The molecule has 0 aromatic heterocycles. The summed E-state index contributed by atoms with van der Waals surface area (Å²) in [5, 5.41) is 3.29. The molecule has 3 atom stereocenters. The van der Waals surface area contributed by atoms with Crippen molar-refractivity contribution < 1.29 is 19.1 Å². The first-order valence-corrected chi connectivity index (χ1v) is 17.8. The maximum absolute atomic E-state index is 13.6. The highest BCUT2D eigenvalue weighted by Crippen LogP contribution is 2.32. The predicted molar refractivity (Wildman–Crippen MR) is 163 cm³/mol. The number of fused-ring (bicyclic) bond motifs is 1. The van der Waals surface area contributed by atoms with E-state index in [-0.39, 0.29) is 23.8 Å². The van der Waals surface area contributed by atoms with Gasteiger partial charge in [0.05, 0.1) is 32.8 Å². The first-order chi connectivity index (χ1) is 19.6. The molecule has 7 nitrogen and oxygen atoms in total. The quantitative estimate of drug-likeness (QED) is 0.318. The van der Waals surface area contributed by atoms with Crippen molar-refractivity contribution in [3.05, 3.63) is 95.1 Å². The summed E-state index contributed by atoms with van der Waals surface area (Å²) < 4.78 is 4.77. The highest BCUT2D eigenvalue weighted by molar-refractivity contribution is 6.79. The number of aryl methyl sites for hydroxylation is 1. The van der Waals surface area contributed by atoms with Crippen molar-refractivity contribution in [1.29, 1.82) is 0 Å². The van der Waals surface area contributed by atoms with Crippen LogP contribution >= 0.6 is 0 Å². The van der Waals surface area contributed by atoms with Crippen LogP contribution in [-0.4, -0.2) is 56.1 Å². The van der Waals surface area contributed by atoms with E-state index >= 15 is 0 Å². The number of hydrogen-bond acceptors (Lipinski definition) is 5. The van der Waals surface area contributed by atoms with Gasteiger partial charge in [0.2, 0.25) is 11.8 Å². The molecule has 3 N–H and O–H groups in total. The first-order valence-electron chi connectivity index (χ1n) is 14.4. The third kappa shape index (κ3) is 6.44. The van der Waals surface area contributed by atoms with Gasteiger partial charge in [-0.3, -0.25) is 9.59 Å². The maximum atomic E-state index is 13.6. The molecule has 1 aliphatic heterocycles. The smallest absolute Gasteiger partial charge is 0.337 e. The number of benzene rings is 3. The molecule has 5 rings (SSSR count). The molecule has 3 aromatic rings. The van der Waals surface area contributed by atoms with Crippen LogP contribution in [0.5, 0.6) is 0 Å². The Kier molecular flexibility index (Phi) is 8.42. The third-order valence-corrected chi connectivity index (χ3v) is 11.0. The van der Waals surface area contributed by atoms with E-state index in [2.05, 4.69) is 30.5 Å². The number of nitrogens with one attached hydrogen (secondary N) is 1. The second-order valence-electron chi connectivity index (χ2n) is 12.1. The molecule has 0 unspecified atom stereocenters. The third-order valence-electron chi connectivity index (χ3n) is 8.36. The number of carbonyl (C=O) groups excluding carboxylic acids is 3. The Bertz CT molecular complexity index is 1420. The van der Waals surface area contributed by atoms with Crippen molar-refractivity contribution in [2.45, 2.75) is 62.9 Å². The molecule has 3 aromatic carbocycles. The van der Waals surface area contributed by atoms with Crippen molar-refractivity contribution in [3.8, 4) is 11.1 Å². The Hall–Kier alpha value is -3.75. The molecule has 1 aliphatic carbocycles. The van der Waals surface area contributed by atoms with E-state index in [0.717, 1.165) is 42.0 Å². The van der Waals surface area contributed by atoms with Gasteiger partial charge in [-0.1, -0.05) is 73.8 Å². The lowest BCUT2D eigenvalue weighted by Crippen LogP contribution is -2.52. The minimum absolute atomic E-state index is 0.0151. The molecule has 1 heterocycles. The topological polar surface area (TPSA) is 102 Å². The Morgan fingerprint density at radius 3 is 2.34 bits per heavy atom. The van der Waals surface area contributed by atoms with Gasteiger partial charge in [-0.2, -0.15) is 0 Å². The molecule has 8 heteroatoms. The number of esters is 1. The van der Waals surface area contributed by atoms with Crippen LogP contribution in [0.3, 0.4) is 0 Å². The molecule has 2 amide bonds. The molecule has 1 saturated heterocycles. The van der Waals surface area contributed by atoms with Gasteiger partial charge >= 0.3 is 5.97 Å². The molecule has 2 aliphatic rings. The number of rotatable bonds is 7. The minimum Gasteiger partial charge on any atom is -0.465 e. The fourth-order valence-electron chi connectivity index (χ4n) is 6.21. The normalized spacial score (nSPS) is 20.1. The number of methoxy groups -OCH3 is 1. The van der Waals surface area contributed by atoms with E-state index in [0.29, 0.717) is 18.2 Å². The van der Waals surface area contributed by atoms with E-state index in [1.807, 2.05) is 48.5 Å². The lowest BCUT2D eigenvalue weighted by Gasteiger charge is -2.31. The summed E-state index contributed by atoms with van der Waals surface area (Å²) in [4.78, 5) is 40.7. The molecular formula is C33H39N3O4Si. The summed E-state index contributed by atoms with van der Waals surface area (Å²) in [7, 11) is -0.402. The second kappa shape index (κ2) is 12.0. The van der Waals surface area contributed by atoms with Crippen molar-refractivity contribution in [2.75, 3.05) is 13.3 Å². The molecule has 0 radical (unpaired) electrons. The zero-order valence-corrected chi connectivity index (χ0v) is 25.1. The molecule has 1 fully saturated rings. The zero-order chi connectivity index (χ0) is 29.1. The van der Waals surface area contributed by atoms with Gasteiger partial charge < -0.3 is 20.7 Å². The van der Waals surface area contributed by atoms with Gasteiger partial charge in [-0.05, 0) is 71.7 Å². The van der Waals surface area contributed by atoms with Gasteiger partial charge in [0.1, 0.15) is 6.04 Å². The van der Waals surface area contributed by atoms with Crippen LogP contribution in [0.25, 0.3) is 11.1 Å². The van der Waals surface area contributed by atoms with Crippen LogP contribution in [0.15, 0.2) is 72.8 Å². The highest BCUT2D eigenvalue weighted by atomic mass is 28.3. The minimum atomic E-state index is -1.77. The lowest BCUT2D eigenvalue weighted by atomic mass is 9.87. The zero-order valence-electron chi connectivity index (χ0n) is 24.1. The van der Waals surface area contributed by atoms with Crippen LogP contribution in [0, 0.1) is 0 Å². The maximum Gasteiger partial charge on any atom is 0.337 e. The highest BCUT2D eigenvalue weighted by Gasteiger charge is 2.46. The molecule has 41 heavy (non-hydrogen) atoms. The Morgan fingerprint density at radius 1 is 1.00 bits per heavy atom. The SMILES string of the molecule is COC(=O)c1ccc(-c2ccc(C[C@H](N)C(=O)N3C[Si](C)(C)C[C@H]3C(=O)N[C@@H]3CCCc4ccccc43)cc2)cc1. The summed E-state index contributed by atoms with van der Waals surface area (Å²) in [5.41, 5.74) is 12.4. The molecule has 0 saturated carbocycles. The molecule has 0 spiro atoms. The van der Waals surface area contributed by atoms with E-state index in [4.69, 9.17) is 10.5 Å². The summed E-state index contributed by atoms with van der Waals surface area (Å²) in [6.45, 7) is 4.47. The number of carbonyl (C=O) groups is 3. The Labute approximate surface area is 243 Å². The van der Waals surface area contributed by atoms with Crippen molar-refractivity contribution in [3.63, 3.8) is 0 Å². The van der Waals surface area contributed by atoms with Crippen LogP contribution in [-0.2, 0) is 27.2 Å². The fraction of sp³-hybridized carbons (Fsp3) is 0.364. The van der Waals surface area contributed by atoms with Crippen molar-refractivity contribution in [1.82, 2.24) is 10.2 Å². The number of ether oxygens (including phenoxy) is 1. The van der Waals surface area contributed by atoms with E-state index in [1.165, 1.54) is 18.2 Å². The van der Waals surface area contributed by atoms with Crippen molar-refractivity contribution in [2.24, 2.45) is 5.73 Å². The summed E-state index contributed by atoms with van der Waals surface area (Å²) in [5.74, 6) is -0.587. The Morgan fingerprint density at radius 2 is 1.66 bits per heavy atom. The number of nitrogens with zero attached hydrogens (tertiary/aromatic N) is 1. The summed E-state index contributed by atoms with van der Waals surface area (Å²) in [6.07, 6.45) is 4.02. The van der Waals surface area contributed by atoms with Crippen LogP contribution in [0.2, 0.25) is 19.1 Å². The predicted octanol–water partition coefficient (Wildman–Crippen LogP) is 4.66. The molecular weight excluding hydrogens is 530 g/mol. The van der Waals surface area contributed by atoms with Crippen LogP contribution < -0.4 is 11.1 Å². The Balaban J connectivity index is 1.24. The molecule has 0 bridgehead atoms. The number of nitrogens with two attached hydrogens (primary N) is 1. The van der Waals surface area contributed by atoms with Gasteiger partial charge in [0.15, 0.2) is 0 Å². The fourth-order valence-corrected chi connectivity index (χ4v) is 9.09. The van der Waals surface area contributed by atoms with Gasteiger partial charge in [0.25, 0.3) is 0 Å². The van der Waals surface area contributed by atoms with Crippen LogP contribution in [0.1, 0.15) is 45.9 Å². The average molecular weight is 570 g/mol. The summed E-state index contributed by atoms with van der Waals surface area (Å²) >= 11 is 0. The molecule has 214 valence electrons. The average Bonchev–Trinajstić information content (AvgIpc) is 3.32. The van der Waals surface area contributed by atoms with E-state index in [1.54, 1.807) is 17.0 Å². The van der Waals surface area contributed by atoms with E-state index < -0.39 is 20.2 Å². The number of amides is 2. The monoisotopic (exact) mass is 569 g/mol. The largest absolute Gasteiger partial charge is 0.465 e. The standard InChI is InChI=1S/C33H39N3O4Si/c1-40-33(39)26-17-15-24(16-18-26)23-13-11-22(12-14-23)19-28(34)32(38)36-21-41(2,3)20-30(36)31(37)35-29-10-6-8-25-7-4-5-9-27(25)29/h4-5,7,9,11-18,28-30H,6,8,10,19-21,34H2,1-3H3,(H,35,37)/t28-,29+,30-/m0/s1. The van der Waals surface area contributed by atoms with Gasteiger partial charge in [-0.25, -0.2) is 4.79 Å². The van der Waals surface area contributed by atoms with Crippen molar-refractivity contribution >= 4 is 25.9 Å².